The first-order chi connectivity index (χ1) is 4.34. The molecule has 3 heteroatoms. The maximum atomic E-state index is 10.6. The van der Waals surface area contributed by atoms with Crippen molar-refractivity contribution in [2.24, 2.45) is 0 Å². The summed E-state index contributed by atoms with van der Waals surface area (Å²) >= 11 is 0. The minimum absolute atomic E-state index is 0. The van der Waals surface area contributed by atoms with Gasteiger partial charge in [-0.2, -0.15) is 5.26 Å². The summed E-state index contributed by atoms with van der Waals surface area (Å²) in [4.78, 5) is 0. The third-order valence-electron chi connectivity index (χ3n) is 1.01. The third kappa shape index (κ3) is 2.41. The molecule has 0 radical (unpaired) electrons. The summed E-state index contributed by atoms with van der Waals surface area (Å²) < 4.78 is 0. The molecule has 0 bridgehead atoms. The Bertz CT molecular complexity index is 254. The van der Waals surface area contributed by atoms with Gasteiger partial charge in [-0.25, -0.2) is 0 Å². The van der Waals surface area contributed by atoms with Crippen molar-refractivity contribution < 1.29 is 56.5 Å². The van der Waals surface area contributed by atoms with E-state index in [0.717, 1.165) is 0 Å². The third-order valence-corrected chi connectivity index (χ3v) is 1.01. The van der Waals surface area contributed by atoms with Crippen molar-refractivity contribution in [3.05, 3.63) is 29.8 Å². The van der Waals surface area contributed by atoms with Crippen LogP contribution in [0.3, 0.4) is 0 Å². The molecule has 0 aliphatic heterocycles. The second kappa shape index (κ2) is 4.89. The number of rotatable bonds is 0. The van der Waals surface area contributed by atoms with Gasteiger partial charge in [-0.3, -0.25) is 0 Å². The van der Waals surface area contributed by atoms with E-state index in [-0.39, 0.29) is 62.7 Å². The fourth-order valence-electron chi connectivity index (χ4n) is 0.559. The molecule has 1 rings (SSSR count). The quantitative estimate of drug-likeness (QED) is 0.395. The van der Waals surface area contributed by atoms with Gasteiger partial charge in [-0.1, -0.05) is 23.9 Å². The SMILES string of the molecule is N#Cc1ccccc1[O-].[K+]. The Kier molecular flexibility index (Phi) is 4.96. The standard InChI is InChI=1S/C7H5NO.K/c8-5-6-3-1-2-4-7(6)9;/h1-4,9H;/q;+1/p-1. The van der Waals surface area contributed by atoms with Gasteiger partial charge in [0.05, 0.1) is 6.07 Å². The van der Waals surface area contributed by atoms with Crippen LogP contribution in [0.2, 0.25) is 0 Å². The summed E-state index contributed by atoms with van der Waals surface area (Å²) in [6, 6.07) is 7.94. The van der Waals surface area contributed by atoms with E-state index in [0.29, 0.717) is 0 Å². The first kappa shape index (κ1) is 10.1. The topological polar surface area (TPSA) is 46.8 Å². The molecule has 0 heterocycles. The molecule has 1 aromatic carbocycles. The number of nitriles is 1. The molecule has 44 valence electrons. The Hall–Kier alpha value is 0.146. The van der Waals surface area contributed by atoms with Crippen LogP contribution in [0.15, 0.2) is 24.3 Å². The Morgan fingerprint density at radius 3 is 2.30 bits per heavy atom. The van der Waals surface area contributed by atoms with Crippen molar-refractivity contribution in [1.29, 1.82) is 5.26 Å². The molecule has 0 aliphatic rings. The van der Waals surface area contributed by atoms with Crippen LogP contribution in [0.1, 0.15) is 5.56 Å². The van der Waals surface area contributed by atoms with Gasteiger partial charge in [0.1, 0.15) is 0 Å². The molecule has 2 nitrogen and oxygen atoms in total. The van der Waals surface area contributed by atoms with E-state index in [1.54, 1.807) is 18.2 Å². The van der Waals surface area contributed by atoms with Gasteiger partial charge in [0.2, 0.25) is 0 Å². The molecule has 10 heavy (non-hydrogen) atoms. The van der Waals surface area contributed by atoms with Crippen molar-refractivity contribution >= 4 is 0 Å². The minimum Gasteiger partial charge on any atom is -0.872 e. The summed E-state index contributed by atoms with van der Waals surface area (Å²) in [6.07, 6.45) is 0. The first-order valence-electron chi connectivity index (χ1n) is 2.51. The molecule has 0 N–H and O–H groups in total. The van der Waals surface area contributed by atoms with Gasteiger partial charge in [0.25, 0.3) is 0 Å². The average molecular weight is 157 g/mol. The van der Waals surface area contributed by atoms with Crippen molar-refractivity contribution in [2.75, 3.05) is 0 Å². The van der Waals surface area contributed by atoms with E-state index in [1.807, 2.05) is 0 Å². The monoisotopic (exact) mass is 157 g/mol. The van der Waals surface area contributed by atoms with Crippen molar-refractivity contribution in [1.82, 2.24) is 0 Å². The van der Waals surface area contributed by atoms with Crippen LogP contribution < -0.4 is 56.5 Å². The van der Waals surface area contributed by atoms with Crippen molar-refractivity contribution in [3.63, 3.8) is 0 Å². The zero-order valence-corrected chi connectivity index (χ0v) is 8.79. The Morgan fingerprint density at radius 1 is 1.30 bits per heavy atom. The second-order valence-corrected chi connectivity index (χ2v) is 1.61. The van der Waals surface area contributed by atoms with Crippen LogP contribution in [0.25, 0.3) is 0 Å². The Labute approximate surface area is 102 Å². The maximum Gasteiger partial charge on any atom is 1.00 e. The van der Waals surface area contributed by atoms with Crippen LogP contribution in [0.5, 0.6) is 5.75 Å². The Morgan fingerprint density at radius 2 is 1.90 bits per heavy atom. The molecule has 0 fully saturated rings. The van der Waals surface area contributed by atoms with Crippen LogP contribution in [-0.4, -0.2) is 0 Å². The summed E-state index contributed by atoms with van der Waals surface area (Å²) in [5.74, 6) is -0.208. The number of benzene rings is 1. The predicted octanol–water partition coefficient (Wildman–Crippen LogP) is -2.36. The average Bonchev–Trinajstić information content (AvgIpc) is 1.89. The van der Waals surface area contributed by atoms with Gasteiger partial charge in [0, 0.05) is 5.56 Å². The molecule has 0 atom stereocenters. The van der Waals surface area contributed by atoms with Crippen LogP contribution in [0, 0.1) is 11.3 Å². The summed E-state index contributed by atoms with van der Waals surface area (Å²) in [7, 11) is 0. The molecule has 0 amide bonds. The van der Waals surface area contributed by atoms with E-state index in [1.165, 1.54) is 12.1 Å². The summed E-state index contributed by atoms with van der Waals surface area (Å²) in [5.41, 5.74) is 0.206. The van der Waals surface area contributed by atoms with Crippen molar-refractivity contribution in [2.45, 2.75) is 0 Å². The summed E-state index contributed by atoms with van der Waals surface area (Å²) in [5, 5.41) is 18.9. The van der Waals surface area contributed by atoms with E-state index in [2.05, 4.69) is 0 Å². The van der Waals surface area contributed by atoms with Crippen molar-refractivity contribution in [3.8, 4) is 11.8 Å². The number of hydrogen-bond acceptors (Lipinski definition) is 2. The van der Waals surface area contributed by atoms with Gasteiger partial charge in [-0.05, 0) is 6.07 Å². The Balaban J connectivity index is 0.000000810. The van der Waals surface area contributed by atoms with Gasteiger partial charge in [0.15, 0.2) is 0 Å². The normalized spacial score (nSPS) is 7.50. The molecule has 0 aromatic heterocycles. The van der Waals surface area contributed by atoms with Crippen LogP contribution in [-0.2, 0) is 0 Å². The molecular weight excluding hydrogens is 153 g/mol. The largest absolute Gasteiger partial charge is 1.00 e. The molecular formula is C7H4KNO. The van der Waals surface area contributed by atoms with E-state index in [9.17, 15) is 5.11 Å². The van der Waals surface area contributed by atoms with Crippen LogP contribution >= 0.6 is 0 Å². The maximum absolute atomic E-state index is 10.6. The van der Waals surface area contributed by atoms with Crippen LogP contribution in [0.4, 0.5) is 0 Å². The van der Waals surface area contributed by atoms with Gasteiger partial charge >= 0.3 is 51.4 Å². The second-order valence-electron chi connectivity index (χ2n) is 1.61. The van der Waals surface area contributed by atoms with Gasteiger partial charge < -0.3 is 5.11 Å². The minimum atomic E-state index is -0.208. The number of para-hydroxylation sites is 1. The predicted molar refractivity (Wildman–Crippen MR) is 30.6 cm³/mol. The molecule has 0 unspecified atom stereocenters. The smallest absolute Gasteiger partial charge is 0.872 e. The summed E-state index contributed by atoms with van der Waals surface area (Å²) in [6.45, 7) is 0. The van der Waals surface area contributed by atoms with E-state index >= 15 is 0 Å². The van der Waals surface area contributed by atoms with E-state index < -0.39 is 0 Å². The molecule has 0 saturated heterocycles. The molecule has 0 spiro atoms. The zero-order chi connectivity index (χ0) is 6.69. The molecule has 0 aliphatic carbocycles. The number of nitrogens with zero attached hydrogens (tertiary/aromatic N) is 1. The fraction of sp³-hybridized carbons (Fsp3) is 0. The molecule has 0 saturated carbocycles. The zero-order valence-electron chi connectivity index (χ0n) is 5.66. The number of hydrogen-bond donors (Lipinski definition) is 0. The molecule has 1 aromatic rings. The van der Waals surface area contributed by atoms with Gasteiger partial charge in [-0.15, -0.1) is 0 Å². The fourth-order valence-corrected chi connectivity index (χ4v) is 0.559. The van der Waals surface area contributed by atoms with E-state index in [4.69, 9.17) is 5.26 Å². The first-order valence-corrected chi connectivity index (χ1v) is 2.51.